The Morgan fingerprint density at radius 2 is 2.10 bits per heavy atom. The number of esters is 1. The lowest BCUT2D eigenvalue weighted by Crippen LogP contribution is -2.07. The van der Waals surface area contributed by atoms with E-state index >= 15 is 0 Å². The van der Waals surface area contributed by atoms with Crippen molar-refractivity contribution in [2.75, 3.05) is 12.8 Å². The molecule has 0 radical (unpaired) electrons. The fraction of sp³-hybridized carbons (Fsp3) is 0.133. The molecular weight excluding hydrogens is 297 g/mol. The summed E-state index contributed by atoms with van der Waals surface area (Å²) in [6.07, 6.45) is 0. The third kappa shape index (κ3) is 3.64. The van der Waals surface area contributed by atoms with E-state index in [1.165, 1.54) is 37.4 Å². The van der Waals surface area contributed by atoms with Gasteiger partial charge >= 0.3 is 5.97 Å². The normalized spacial score (nSPS) is 10.2. The van der Waals surface area contributed by atoms with E-state index in [-0.39, 0.29) is 22.8 Å². The lowest BCUT2D eigenvalue weighted by atomic mass is 10.2. The van der Waals surface area contributed by atoms with E-state index in [1.54, 1.807) is 6.07 Å². The van der Waals surface area contributed by atoms with Gasteiger partial charge in [-0.3, -0.25) is 0 Å². The van der Waals surface area contributed by atoms with Crippen LogP contribution >= 0.6 is 11.6 Å². The Labute approximate surface area is 126 Å². The van der Waals surface area contributed by atoms with Crippen molar-refractivity contribution >= 4 is 23.3 Å². The maximum atomic E-state index is 13.6. The molecule has 0 fully saturated rings. The van der Waals surface area contributed by atoms with Crippen molar-refractivity contribution in [1.29, 1.82) is 0 Å². The molecule has 0 aromatic heterocycles. The summed E-state index contributed by atoms with van der Waals surface area (Å²) in [5.41, 5.74) is 6.38. The summed E-state index contributed by atoms with van der Waals surface area (Å²) in [5.74, 6) is -0.730. The Balaban J connectivity index is 2.14. The van der Waals surface area contributed by atoms with Crippen molar-refractivity contribution in [3.63, 3.8) is 0 Å². The van der Waals surface area contributed by atoms with Crippen LogP contribution in [-0.2, 0) is 11.3 Å². The summed E-state index contributed by atoms with van der Waals surface area (Å²) in [6, 6.07) is 8.77. The molecule has 0 aliphatic rings. The summed E-state index contributed by atoms with van der Waals surface area (Å²) in [5, 5.41) is 0.202. The second-order valence-corrected chi connectivity index (χ2v) is 4.68. The monoisotopic (exact) mass is 309 g/mol. The molecule has 0 heterocycles. The van der Waals surface area contributed by atoms with Crippen LogP contribution in [0, 0.1) is 5.82 Å². The first-order chi connectivity index (χ1) is 10.0. The molecule has 6 heteroatoms. The molecule has 110 valence electrons. The molecule has 2 aromatic carbocycles. The predicted octanol–water partition coefficient (Wildman–Crippen LogP) is 3.43. The first-order valence-electron chi connectivity index (χ1n) is 6.06. The molecule has 21 heavy (non-hydrogen) atoms. The van der Waals surface area contributed by atoms with Crippen molar-refractivity contribution in [3.8, 4) is 5.75 Å². The Bertz CT molecular complexity index is 656. The highest BCUT2D eigenvalue weighted by molar-refractivity contribution is 6.31. The van der Waals surface area contributed by atoms with Crippen LogP contribution in [0.1, 0.15) is 15.9 Å². The highest BCUT2D eigenvalue weighted by atomic mass is 35.5. The zero-order valence-corrected chi connectivity index (χ0v) is 12.0. The molecule has 0 saturated carbocycles. The Hall–Kier alpha value is -2.27. The number of carbonyl (C=O) groups excluding carboxylic acids is 1. The van der Waals surface area contributed by atoms with Crippen molar-refractivity contribution in [1.82, 2.24) is 0 Å². The quantitative estimate of drug-likeness (QED) is 0.694. The molecule has 2 N–H and O–H groups in total. The van der Waals surface area contributed by atoms with E-state index in [0.29, 0.717) is 11.4 Å². The van der Waals surface area contributed by atoms with E-state index in [0.717, 1.165) is 0 Å². The highest BCUT2D eigenvalue weighted by Crippen LogP contribution is 2.22. The minimum absolute atomic E-state index is 0.128. The summed E-state index contributed by atoms with van der Waals surface area (Å²) in [4.78, 5) is 12.0. The van der Waals surface area contributed by atoms with Crippen molar-refractivity contribution in [3.05, 3.63) is 58.4 Å². The van der Waals surface area contributed by atoms with E-state index < -0.39 is 11.8 Å². The number of anilines is 1. The number of ether oxygens (including phenoxy) is 2. The number of carbonyl (C=O) groups is 1. The minimum Gasteiger partial charge on any atom is -0.497 e. The maximum Gasteiger partial charge on any atom is 0.338 e. The van der Waals surface area contributed by atoms with Crippen LogP contribution in [-0.4, -0.2) is 13.1 Å². The number of benzene rings is 2. The molecule has 0 spiro atoms. The number of hydrogen-bond donors (Lipinski definition) is 1. The van der Waals surface area contributed by atoms with Gasteiger partial charge in [0, 0.05) is 17.3 Å². The first kappa shape index (κ1) is 15.1. The number of rotatable bonds is 4. The largest absolute Gasteiger partial charge is 0.497 e. The number of methoxy groups -OCH3 is 1. The molecule has 0 saturated heterocycles. The molecule has 2 rings (SSSR count). The second kappa shape index (κ2) is 6.45. The number of halogens is 2. The van der Waals surface area contributed by atoms with Crippen LogP contribution in [0.5, 0.6) is 5.75 Å². The number of nitrogens with two attached hydrogens (primary N) is 1. The average Bonchev–Trinajstić information content (AvgIpc) is 2.45. The summed E-state index contributed by atoms with van der Waals surface area (Å²) in [6.45, 7) is -0.262. The Kier molecular flexibility index (Phi) is 4.65. The molecule has 0 atom stereocenters. The minimum atomic E-state index is -0.639. The topological polar surface area (TPSA) is 61.5 Å². The maximum absolute atomic E-state index is 13.6. The van der Waals surface area contributed by atoms with Gasteiger partial charge in [0.25, 0.3) is 0 Å². The lowest BCUT2D eigenvalue weighted by molar-refractivity contribution is 0.0469. The first-order valence-corrected chi connectivity index (χ1v) is 6.43. The van der Waals surface area contributed by atoms with Gasteiger partial charge in [0.05, 0.1) is 17.7 Å². The number of hydrogen-bond acceptors (Lipinski definition) is 4. The molecule has 0 aliphatic carbocycles. The van der Waals surface area contributed by atoms with Gasteiger partial charge in [0.1, 0.15) is 18.2 Å². The SMILES string of the molecule is COc1cc(N)cc(C(=O)OCc2c(F)cccc2Cl)c1. The summed E-state index contributed by atoms with van der Waals surface area (Å²) >= 11 is 5.86. The molecule has 0 unspecified atom stereocenters. The summed E-state index contributed by atoms with van der Waals surface area (Å²) in [7, 11) is 1.46. The van der Waals surface area contributed by atoms with Gasteiger partial charge in [-0.2, -0.15) is 0 Å². The van der Waals surface area contributed by atoms with Gasteiger partial charge in [0.15, 0.2) is 0 Å². The van der Waals surface area contributed by atoms with Gasteiger partial charge in [-0.25, -0.2) is 9.18 Å². The van der Waals surface area contributed by atoms with E-state index in [4.69, 9.17) is 26.8 Å². The van der Waals surface area contributed by atoms with Gasteiger partial charge in [-0.15, -0.1) is 0 Å². The molecular formula is C15H13ClFNO3. The van der Waals surface area contributed by atoms with E-state index in [9.17, 15) is 9.18 Å². The van der Waals surface area contributed by atoms with Crippen LogP contribution in [0.15, 0.2) is 36.4 Å². The van der Waals surface area contributed by atoms with Crippen LogP contribution in [0.2, 0.25) is 5.02 Å². The molecule has 4 nitrogen and oxygen atoms in total. The smallest absolute Gasteiger partial charge is 0.338 e. The van der Waals surface area contributed by atoms with Gasteiger partial charge in [-0.1, -0.05) is 17.7 Å². The Morgan fingerprint density at radius 3 is 2.76 bits per heavy atom. The number of nitrogen functional groups attached to an aromatic ring is 1. The highest BCUT2D eigenvalue weighted by Gasteiger charge is 2.13. The zero-order valence-electron chi connectivity index (χ0n) is 11.2. The summed E-state index contributed by atoms with van der Waals surface area (Å²) < 4.78 is 23.6. The van der Waals surface area contributed by atoms with Crippen LogP contribution < -0.4 is 10.5 Å². The molecule has 0 amide bonds. The van der Waals surface area contributed by atoms with Crippen LogP contribution in [0.3, 0.4) is 0 Å². The standard InChI is InChI=1S/C15H13ClFNO3/c1-20-11-6-9(5-10(18)7-11)15(19)21-8-12-13(16)3-2-4-14(12)17/h2-7H,8,18H2,1H3. The van der Waals surface area contributed by atoms with E-state index in [2.05, 4.69) is 0 Å². The van der Waals surface area contributed by atoms with Crippen LogP contribution in [0.25, 0.3) is 0 Å². The average molecular weight is 310 g/mol. The molecule has 0 bridgehead atoms. The molecule has 0 aliphatic heterocycles. The van der Waals surface area contributed by atoms with Crippen molar-refractivity contribution in [2.45, 2.75) is 6.61 Å². The van der Waals surface area contributed by atoms with Gasteiger partial charge in [0.2, 0.25) is 0 Å². The lowest BCUT2D eigenvalue weighted by Gasteiger charge is -2.09. The predicted molar refractivity (Wildman–Crippen MR) is 77.9 cm³/mol. The fourth-order valence-electron chi connectivity index (χ4n) is 1.75. The second-order valence-electron chi connectivity index (χ2n) is 4.27. The zero-order chi connectivity index (χ0) is 15.4. The van der Waals surface area contributed by atoms with Crippen LogP contribution in [0.4, 0.5) is 10.1 Å². The van der Waals surface area contributed by atoms with Gasteiger partial charge < -0.3 is 15.2 Å². The third-order valence-electron chi connectivity index (χ3n) is 2.81. The van der Waals surface area contributed by atoms with Gasteiger partial charge in [-0.05, 0) is 24.3 Å². The van der Waals surface area contributed by atoms with Crippen molar-refractivity contribution in [2.24, 2.45) is 0 Å². The fourth-order valence-corrected chi connectivity index (χ4v) is 1.97. The van der Waals surface area contributed by atoms with E-state index in [1.807, 2.05) is 0 Å². The third-order valence-corrected chi connectivity index (χ3v) is 3.16. The Morgan fingerprint density at radius 1 is 1.33 bits per heavy atom. The molecule has 2 aromatic rings. The van der Waals surface area contributed by atoms with Crippen molar-refractivity contribution < 1.29 is 18.7 Å².